The van der Waals surface area contributed by atoms with Gasteiger partial charge in [-0.05, 0) is 36.8 Å². The van der Waals surface area contributed by atoms with E-state index < -0.39 is 28.5 Å². The highest BCUT2D eigenvalue weighted by atomic mass is 32.2. The number of hydrogen-bond acceptors (Lipinski definition) is 7. The van der Waals surface area contributed by atoms with E-state index in [4.69, 9.17) is 14.2 Å². The van der Waals surface area contributed by atoms with Crippen molar-refractivity contribution >= 4 is 27.5 Å². The summed E-state index contributed by atoms with van der Waals surface area (Å²) in [5, 5.41) is 2.53. The minimum Gasteiger partial charge on any atom is -0.497 e. The van der Waals surface area contributed by atoms with Crippen molar-refractivity contribution in [2.45, 2.75) is 19.5 Å². The third kappa shape index (κ3) is 6.53. The summed E-state index contributed by atoms with van der Waals surface area (Å²) in [4.78, 5) is 27.2. The molecule has 0 aliphatic carbocycles. The first-order chi connectivity index (χ1) is 16.0. The number of methoxy groups -OCH3 is 3. The second-order valence-corrected chi connectivity index (χ2v) is 9.38. The maximum atomic E-state index is 13.5. The summed E-state index contributed by atoms with van der Waals surface area (Å²) >= 11 is 0. The standard InChI is InChI=1S/C23H31N3O7S/c1-16(23(28)24-2)25(14-17-8-7-9-18(12-17)31-3)22(27)15-26(34(6,29)30)20-11-10-19(32-4)13-21(20)33-5/h7-13,16H,14-15H2,1-6H3,(H,24,28)/t16-/m1/s1. The summed E-state index contributed by atoms with van der Waals surface area (Å²) in [5.74, 6) is 0.328. The molecular weight excluding hydrogens is 462 g/mol. The van der Waals surface area contributed by atoms with Gasteiger partial charge in [-0.1, -0.05) is 12.1 Å². The number of nitrogens with zero attached hydrogens (tertiary/aromatic N) is 2. The predicted molar refractivity (Wildman–Crippen MR) is 129 cm³/mol. The number of amides is 2. The Hall–Kier alpha value is -3.47. The van der Waals surface area contributed by atoms with Crippen LogP contribution >= 0.6 is 0 Å². The molecule has 2 rings (SSSR count). The number of hydrogen-bond donors (Lipinski definition) is 1. The molecule has 2 aromatic carbocycles. The number of anilines is 1. The normalized spacial score (nSPS) is 11.8. The van der Waals surface area contributed by atoms with Gasteiger partial charge in [0.05, 0.1) is 33.3 Å². The lowest BCUT2D eigenvalue weighted by atomic mass is 10.1. The van der Waals surface area contributed by atoms with Crippen LogP contribution in [0.2, 0.25) is 0 Å². The van der Waals surface area contributed by atoms with Gasteiger partial charge in [0.1, 0.15) is 29.8 Å². The molecule has 0 bridgehead atoms. The van der Waals surface area contributed by atoms with E-state index in [9.17, 15) is 18.0 Å². The van der Waals surface area contributed by atoms with Gasteiger partial charge in [-0.15, -0.1) is 0 Å². The second kappa shape index (κ2) is 11.6. The average molecular weight is 494 g/mol. The van der Waals surface area contributed by atoms with E-state index in [1.54, 1.807) is 37.3 Å². The number of likely N-dealkylation sites (N-methyl/N-ethyl adjacent to an activating group) is 1. The van der Waals surface area contributed by atoms with Gasteiger partial charge in [0, 0.05) is 19.7 Å². The van der Waals surface area contributed by atoms with Crippen LogP contribution in [-0.4, -0.2) is 72.4 Å². The van der Waals surface area contributed by atoms with Gasteiger partial charge in [0.25, 0.3) is 0 Å². The van der Waals surface area contributed by atoms with Gasteiger partial charge in [-0.3, -0.25) is 13.9 Å². The Morgan fingerprint density at radius 2 is 1.65 bits per heavy atom. The fourth-order valence-electron chi connectivity index (χ4n) is 3.34. The van der Waals surface area contributed by atoms with Crippen LogP contribution in [0.15, 0.2) is 42.5 Å². The smallest absolute Gasteiger partial charge is 0.244 e. The van der Waals surface area contributed by atoms with Crippen molar-refractivity contribution in [1.29, 1.82) is 0 Å². The molecule has 0 saturated carbocycles. The Kier molecular flexibility index (Phi) is 9.13. The Morgan fingerprint density at radius 1 is 1.00 bits per heavy atom. The number of nitrogens with one attached hydrogen (secondary N) is 1. The molecule has 34 heavy (non-hydrogen) atoms. The van der Waals surface area contributed by atoms with Crippen molar-refractivity contribution in [3.05, 3.63) is 48.0 Å². The van der Waals surface area contributed by atoms with E-state index in [0.29, 0.717) is 11.5 Å². The van der Waals surface area contributed by atoms with Crippen molar-refractivity contribution in [2.75, 3.05) is 45.5 Å². The number of carbonyl (C=O) groups is 2. The van der Waals surface area contributed by atoms with Crippen LogP contribution in [0, 0.1) is 0 Å². The van der Waals surface area contributed by atoms with Gasteiger partial charge < -0.3 is 24.4 Å². The monoisotopic (exact) mass is 493 g/mol. The van der Waals surface area contributed by atoms with E-state index in [1.807, 2.05) is 0 Å². The van der Waals surface area contributed by atoms with E-state index in [2.05, 4.69) is 5.32 Å². The number of ether oxygens (including phenoxy) is 3. The highest BCUT2D eigenvalue weighted by Gasteiger charge is 2.31. The minimum atomic E-state index is -3.89. The van der Waals surface area contributed by atoms with Gasteiger partial charge in [0.15, 0.2) is 0 Å². The van der Waals surface area contributed by atoms with Crippen LogP contribution in [0.25, 0.3) is 0 Å². The largest absolute Gasteiger partial charge is 0.497 e. The molecule has 0 aliphatic rings. The van der Waals surface area contributed by atoms with Gasteiger partial charge in [0.2, 0.25) is 21.8 Å². The highest BCUT2D eigenvalue weighted by Crippen LogP contribution is 2.33. The molecule has 0 unspecified atom stereocenters. The topological polar surface area (TPSA) is 114 Å². The first kappa shape index (κ1) is 26.8. The number of carbonyl (C=O) groups excluding carboxylic acids is 2. The Balaban J connectivity index is 2.46. The maximum Gasteiger partial charge on any atom is 0.244 e. The fourth-order valence-corrected chi connectivity index (χ4v) is 4.20. The van der Waals surface area contributed by atoms with Gasteiger partial charge in [-0.25, -0.2) is 8.42 Å². The summed E-state index contributed by atoms with van der Waals surface area (Å²) in [6.07, 6.45) is 0.999. The summed E-state index contributed by atoms with van der Waals surface area (Å²) in [5.41, 5.74) is 0.893. The molecule has 0 fully saturated rings. The zero-order valence-corrected chi connectivity index (χ0v) is 21.0. The quantitative estimate of drug-likeness (QED) is 0.506. The molecule has 1 atom stereocenters. The van der Waals surface area contributed by atoms with Crippen LogP contribution in [0.4, 0.5) is 5.69 Å². The van der Waals surface area contributed by atoms with Crippen molar-refractivity contribution in [1.82, 2.24) is 10.2 Å². The van der Waals surface area contributed by atoms with Crippen molar-refractivity contribution in [2.24, 2.45) is 0 Å². The molecule has 0 spiro atoms. The van der Waals surface area contributed by atoms with Crippen LogP contribution in [0.1, 0.15) is 12.5 Å². The molecule has 0 heterocycles. The predicted octanol–water partition coefficient (Wildman–Crippen LogP) is 1.64. The van der Waals surface area contributed by atoms with E-state index >= 15 is 0 Å². The Labute approximate surface area is 200 Å². The van der Waals surface area contributed by atoms with Crippen molar-refractivity contribution in [3.8, 4) is 17.2 Å². The van der Waals surface area contributed by atoms with Crippen LogP contribution < -0.4 is 23.8 Å². The van der Waals surface area contributed by atoms with E-state index in [0.717, 1.165) is 16.1 Å². The zero-order chi connectivity index (χ0) is 25.5. The third-order valence-electron chi connectivity index (χ3n) is 5.24. The lowest BCUT2D eigenvalue weighted by Gasteiger charge is -2.31. The highest BCUT2D eigenvalue weighted by molar-refractivity contribution is 7.92. The van der Waals surface area contributed by atoms with E-state index in [-0.39, 0.29) is 23.9 Å². The molecule has 0 aliphatic heterocycles. The molecule has 186 valence electrons. The first-order valence-corrected chi connectivity index (χ1v) is 12.2. The summed E-state index contributed by atoms with van der Waals surface area (Å²) in [6.45, 7) is 1.12. The summed E-state index contributed by atoms with van der Waals surface area (Å²) in [6, 6.07) is 10.8. The SMILES string of the molecule is CNC(=O)[C@@H](C)N(Cc1cccc(OC)c1)C(=O)CN(c1ccc(OC)cc1OC)S(C)(=O)=O. The van der Waals surface area contributed by atoms with Gasteiger partial charge >= 0.3 is 0 Å². The van der Waals surface area contributed by atoms with Crippen LogP contribution in [0.3, 0.4) is 0 Å². The van der Waals surface area contributed by atoms with Crippen LogP contribution in [0.5, 0.6) is 17.2 Å². The molecule has 2 amide bonds. The minimum absolute atomic E-state index is 0.0714. The van der Waals surface area contributed by atoms with Crippen molar-refractivity contribution < 1.29 is 32.2 Å². The van der Waals surface area contributed by atoms with Crippen molar-refractivity contribution in [3.63, 3.8) is 0 Å². The Bertz CT molecular complexity index is 1120. The fraction of sp³-hybridized carbons (Fsp3) is 0.391. The second-order valence-electron chi connectivity index (χ2n) is 7.47. The molecule has 0 radical (unpaired) electrons. The average Bonchev–Trinajstić information content (AvgIpc) is 2.83. The molecular formula is C23H31N3O7S. The zero-order valence-electron chi connectivity index (χ0n) is 20.2. The number of rotatable bonds is 11. The van der Waals surface area contributed by atoms with Crippen LogP contribution in [-0.2, 0) is 26.2 Å². The molecule has 10 nitrogen and oxygen atoms in total. The lowest BCUT2D eigenvalue weighted by Crippen LogP contribution is -2.50. The third-order valence-corrected chi connectivity index (χ3v) is 6.36. The summed E-state index contributed by atoms with van der Waals surface area (Å²) in [7, 11) is 1.98. The lowest BCUT2D eigenvalue weighted by molar-refractivity contribution is -0.139. The Morgan fingerprint density at radius 3 is 2.21 bits per heavy atom. The molecule has 11 heteroatoms. The van der Waals surface area contributed by atoms with Gasteiger partial charge in [-0.2, -0.15) is 0 Å². The molecule has 1 N–H and O–H groups in total. The first-order valence-electron chi connectivity index (χ1n) is 10.4. The summed E-state index contributed by atoms with van der Waals surface area (Å²) < 4.78 is 42.1. The number of benzene rings is 2. The molecule has 2 aromatic rings. The maximum absolute atomic E-state index is 13.5. The molecule has 0 aromatic heterocycles. The number of sulfonamides is 1. The van der Waals surface area contributed by atoms with E-state index in [1.165, 1.54) is 45.4 Å². The molecule has 0 saturated heterocycles.